The van der Waals surface area contributed by atoms with E-state index in [2.05, 4.69) is 4.98 Å². The molecule has 6 heteroatoms. The molecule has 25 heavy (non-hydrogen) atoms. The van der Waals surface area contributed by atoms with Crippen LogP contribution in [0.3, 0.4) is 0 Å². The fourth-order valence-corrected chi connectivity index (χ4v) is 3.94. The van der Waals surface area contributed by atoms with Crippen molar-refractivity contribution >= 4 is 32.6 Å². The zero-order valence-electron chi connectivity index (χ0n) is 14.0. The topological polar surface area (TPSA) is 51.7 Å². The van der Waals surface area contributed by atoms with Gasteiger partial charge in [-0.1, -0.05) is 35.6 Å². The van der Waals surface area contributed by atoms with Crippen molar-refractivity contribution in [3.05, 3.63) is 48.5 Å². The molecule has 0 aliphatic carbocycles. The average molecular weight is 354 g/mol. The highest BCUT2D eigenvalue weighted by Gasteiger charge is 2.37. The van der Waals surface area contributed by atoms with Crippen LogP contribution in [0.15, 0.2) is 48.5 Å². The van der Waals surface area contributed by atoms with Gasteiger partial charge in [0.25, 0.3) is 5.91 Å². The molecular weight excluding hydrogens is 336 g/mol. The summed E-state index contributed by atoms with van der Waals surface area (Å²) in [6.45, 7) is 4.31. The number of fused-ring (bicyclic) bond motifs is 2. The van der Waals surface area contributed by atoms with Gasteiger partial charge in [-0.3, -0.25) is 9.69 Å². The highest BCUT2D eigenvalue weighted by Crippen LogP contribution is 2.35. The fraction of sp³-hybridized carbons (Fsp3) is 0.263. The Labute approximate surface area is 149 Å². The molecule has 2 aromatic carbocycles. The summed E-state index contributed by atoms with van der Waals surface area (Å²) in [6, 6.07) is 15.3. The van der Waals surface area contributed by atoms with E-state index in [9.17, 15) is 4.79 Å². The van der Waals surface area contributed by atoms with Gasteiger partial charge in [-0.25, -0.2) is 4.98 Å². The molecule has 2 heterocycles. The molecular formula is C19H18N2O3S. The molecule has 0 bridgehead atoms. The van der Waals surface area contributed by atoms with E-state index in [0.29, 0.717) is 23.2 Å². The number of thiazole rings is 1. The molecule has 0 saturated heterocycles. The predicted molar refractivity (Wildman–Crippen MR) is 98.6 cm³/mol. The van der Waals surface area contributed by atoms with Crippen molar-refractivity contribution in [2.75, 3.05) is 11.4 Å². The lowest BCUT2D eigenvalue weighted by molar-refractivity contribution is -0.130. The zero-order valence-corrected chi connectivity index (χ0v) is 14.8. The Morgan fingerprint density at radius 1 is 1.12 bits per heavy atom. The average Bonchev–Trinajstić information content (AvgIpc) is 3.05. The van der Waals surface area contributed by atoms with Crippen LogP contribution in [0.2, 0.25) is 0 Å². The molecule has 128 valence electrons. The third-order valence-corrected chi connectivity index (χ3v) is 5.24. The van der Waals surface area contributed by atoms with Gasteiger partial charge in [0, 0.05) is 6.54 Å². The summed E-state index contributed by atoms with van der Waals surface area (Å²) in [4.78, 5) is 19.4. The maximum Gasteiger partial charge on any atom is 0.273 e. The Kier molecular flexibility index (Phi) is 4.05. The van der Waals surface area contributed by atoms with Crippen LogP contribution in [-0.2, 0) is 4.79 Å². The quantitative estimate of drug-likeness (QED) is 0.716. The van der Waals surface area contributed by atoms with Crippen molar-refractivity contribution in [1.29, 1.82) is 0 Å². The van der Waals surface area contributed by atoms with Gasteiger partial charge >= 0.3 is 0 Å². The van der Waals surface area contributed by atoms with Crippen molar-refractivity contribution in [3.63, 3.8) is 0 Å². The Balaban J connectivity index is 1.64. The number of hydrogen-bond acceptors (Lipinski definition) is 5. The van der Waals surface area contributed by atoms with Crippen LogP contribution in [-0.4, -0.2) is 29.6 Å². The second-order valence-corrected chi connectivity index (χ2v) is 6.86. The van der Waals surface area contributed by atoms with Crippen LogP contribution < -0.4 is 14.4 Å². The molecule has 0 saturated carbocycles. The summed E-state index contributed by atoms with van der Waals surface area (Å²) in [7, 11) is 0. The summed E-state index contributed by atoms with van der Waals surface area (Å²) in [5, 5.41) is 0.684. The van der Waals surface area contributed by atoms with Crippen LogP contribution in [0.25, 0.3) is 10.2 Å². The summed E-state index contributed by atoms with van der Waals surface area (Å²) >= 11 is 1.51. The molecule has 0 fully saturated rings. The van der Waals surface area contributed by atoms with Gasteiger partial charge in [0.1, 0.15) is 6.10 Å². The van der Waals surface area contributed by atoms with E-state index in [0.717, 1.165) is 10.2 Å². The van der Waals surface area contributed by atoms with Gasteiger partial charge in [0.2, 0.25) is 6.10 Å². The van der Waals surface area contributed by atoms with E-state index >= 15 is 0 Å². The fourth-order valence-electron chi connectivity index (χ4n) is 2.91. The highest BCUT2D eigenvalue weighted by molar-refractivity contribution is 7.22. The second-order valence-electron chi connectivity index (χ2n) is 5.85. The SMILES string of the molecule is CCN(C(=O)C1Oc2ccccc2OC1C)c1nc2ccccc2s1. The molecule has 1 aliphatic rings. The molecule has 1 aliphatic heterocycles. The van der Waals surface area contributed by atoms with Crippen molar-refractivity contribution in [2.24, 2.45) is 0 Å². The molecule has 0 N–H and O–H groups in total. The lowest BCUT2D eigenvalue weighted by Crippen LogP contribution is -2.50. The Bertz CT molecular complexity index is 891. The number of ether oxygens (including phenoxy) is 2. The monoisotopic (exact) mass is 354 g/mol. The molecule has 2 atom stereocenters. The second kappa shape index (κ2) is 6.37. The first kappa shape index (κ1) is 15.9. The van der Waals surface area contributed by atoms with Crippen molar-refractivity contribution in [2.45, 2.75) is 26.1 Å². The molecule has 0 spiro atoms. The van der Waals surface area contributed by atoms with Gasteiger partial charge in [-0.2, -0.15) is 0 Å². The summed E-state index contributed by atoms with van der Waals surface area (Å²) < 4.78 is 12.9. The van der Waals surface area contributed by atoms with E-state index in [-0.39, 0.29) is 12.0 Å². The largest absolute Gasteiger partial charge is 0.482 e. The minimum Gasteiger partial charge on any atom is -0.482 e. The number of hydrogen-bond donors (Lipinski definition) is 0. The van der Waals surface area contributed by atoms with Crippen LogP contribution >= 0.6 is 11.3 Å². The number of aromatic nitrogens is 1. The van der Waals surface area contributed by atoms with E-state index in [1.165, 1.54) is 11.3 Å². The standard InChI is InChI=1S/C19H18N2O3S/c1-3-21(19-20-13-8-4-7-11-16(13)25-19)18(22)17-12(2)23-14-9-5-6-10-15(14)24-17/h4-12,17H,3H2,1-2H3. The van der Waals surface area contributed by atoms with Crippen LogP contribution in [0.4, 0.5) is 5.13 Å². The van der Waals surface area contributed by atoms with Gasteiger partial charge in [-0.05, 0) is 38.1 Å². The molecule has 1 aromatic heterocycles. The number of likely N-dealkylation sites (N-methyl/N-ethyl adjacent to an activating group) is 1. The van der Waals surface area contributed by atoms with E-state index < -0.39 is 6.10 Å². The number of carbonyl (C=O) groups is 1. The molecule has 5 nitrogen and oxygen atoms in total. The van der Waals surface area contributed by atoms with Gasteiger partial charge in [0.05, 0.1) is 10.2 Å². The molecule has 4 rings (SSSR count). The summed E-state index contributed by atoms with van der Waals surface area (Å²) in [6.07, 6.45) is -1.06. The Morgan fingerprint density at radius 3 is 2.52 bits per heavy atom. The maximum absolute atomic E-state index is 13.1. The number of benzene rings is 2. The number of anilines is 1. The van der Waals surface area contributed by atoms with E-state index in [4.69, 9.17) is 9.47 Å². The number of carbonyl (C=O) groups excluding carboxylic acids is 1. The van der Waals surface area contributed by atoms with Gasteiger partial charge in [0.15, 0.2) is 16.6 Å². The molecule has 3 aromatic rings. The zero-order chi connectivity index (χ0) is 17.4. The lowest BCUT2D eigenvalue weighted by atomic mass is 10.1. The van der Waals surface area contributed by atoms with Crippen LogP contribution in [0.1, 0.15) is 13.8 Å². The first-order chi connectivity index (χ1) is 12.2. The Hall–Kier alpha value is -2.60. The van der Waals surface area contributed by atoms with E-state index in [1.807, 2.05) is 62.4 Å². The molecule has 2 unspecified atom stereocenters. The maximum atomic E-state index is 13.1. The van der Waals surface area contributed by atoms with Crippen LogP contribution in [0.5, 0.6) is 11.5 Å². The lowest BCUT2D eigenvalue weighted by Gasteiger charge is -2.33. The molecule has 1 amide bonds. The normalized spacial score (nSPS) is 19.0. The first-order valence-corrected chi connectivity index (χ1v) is 9.08. The highest BCUT2D eigenvalue weighted by atomic mass is 32.1. The third kappa shape index (κ3) is 2.82. The van der Waals surface area contributed by atoms with Gasteiger partial charge < -0.3 is 9.47 Å². The predicted octanol–water partition coefficient (Wildman–Crippen LogP) is 3.88. The number of amides is 1. The van der Waals surface area contributed by atoms with E-state index in [1.54, 1.807) is 4.90 Å². The Morgan fingerprint density at radius 2 is 1.80 bits per heavy atom. The third-order valence-electron chi connectivity index (χ3n) is 4.18. The summed E-state index contributed by atoms with van der Waals surface area (Å²) in [5.41, 5.74) is 0.896. The van der Waals surface area contributed by atoms with Crippen molar-refractivity contribution in [1.82, 2.24) is 4.98 Å². The number of nitrogens with zero attached hydrogens (tertiary/aromatic N) is 2. The smallest absolute Gasteiger partial charge is 0.273 e. The minimum absolute atomic E-state index is 0.136. The number of rotatable bonds is 3. The molecule has 0 radical (unpaired) electrons. The number of para-hydroxylation sites is 3. The summed E-state index contributed by atoms with van der Waals surface area (Å²) in [5.74, 6) is 1.13. The van der Waals surface area contributed by atoms with Crippen molar-refractivity contribution < 1.29 is 14.3 Å². The van der Waals surface area contributed by atoms with Crippen LogP contribution in [0, 0.1) is 0 Å². The first-order valence-electron chi connectivity index (χ1n) is 8.26. The van der Waals surface area contributed by atoms with Crippen molar-refractivity contribution in [3.8, 4) is 11.5 Å². The van der Waals surface area contributed by atoms with Gasteiger partial charge in [-0.15, -0.1) is 0 Å². The minimum atomic E-state index is -0.693.